The van der Waals surface area contributed by atoms with Crippen LogP contribution in [0.15, 0.2) is 18.2 Å². The Balaban J connectivity index is 2.43. The van der Waals surface area contributed by atoms with Crippen LogP contribution in [0, 0.1) is 22.7 Å². The van der Waals surface area contributed by atoms with Gasteiger partial charge in [0, 0.05) is 12.2 Å². The van der Waals surface area contributed by atoms with Crippen LogP contribution in [0.4, 0.5) is 18.9 Å². The molecular formula is C12H10F3N3O. The lowest BCUT2D eigenvalue weighted by Crippen LogP contribution is -2.20. The largest absolute Gasteiger partial charge is 0.411 e. The van der Waals surface area contributed by atoms with Crippen molar-refractivity contribution in [2.45, 2.75) is 6.18 Å². The molecule has 0 saturated carbocycles. The minimum Gasteiger partial charge on any atom is -0.383 e. The minimum absolute atomic E-state index is 0.110. The van der Waals surface area contributed by atoms with Crippen LogP contribution in [-0.4, -0.2) is 25.9 Å². The number of alkyl halides is 3. The third-order valence-electron chi connectivity index (χ3n) is 2.10. The predicted octanol–water partition coefficient (Wildman–Crippen LogP) is 2.42. The van der Waals surface area contributed by atoms with E-state index < -0.39 is 12.8 Å². The fraction of sp³-hybridized carbons (Fsp3) is 0.333. The van der Waals surface area contributed by atoms with Crippen molar-refractivity contribution < 1.29 is 17.9 Å². The number of nitrogens with one attached hydrogen (secondary N) is 1. The van der Waals surface area contributed by atoms with Gasteiger partial charge >= 0.3 is 6.18 Å². The highest BCUT2D eigenvalue weighted by Crippen LogP contribution is 2.15. The van der Waals surface area contributed by atoms with Gasteiger partial charge in [-0.2, -0.15) is 23.7 Å². The quantitative estimate of drug-likeness (QED) is 0.833. The molecule has 0 radical (unpaired) electrons. The summed E-state index contributed by atoms with van der Waals surface area (Å²) in [6.07, 6.45) is -4.33. The van der Waals surface area contributed by atoms with E-state index in [4.69, 9.17) is 10.5 Å². The van der Waals surface area contributed by atoms with Crippen molar-refractivity contribution in [3.63, 3.8) is 0 Å². The molecule has 0 bridgehead atoms. The van der Waals surface area contributed by atoms with Crippen molar-refractivity contribution in [3.8, 4) is 12.1 Å². The molecule has 4 nitrogen and oxygen atoms in total. The maximum atomic E-state index is 11.8. The maximum Gasteiger partial charge on any atom is 0.411 e. The van der Waals surface area contributed by atoms with Crippen LogP contribution >= 0.6 is 0 Å². The Labute approximate surface area is 108 Å². The molecule has 0 atom stereocenters. The molecule has 1 N–H and O–H groups in total. The van der Waals surface area contributed by atoms with Crippen molar-refractivity contribution in [2.75, 3.05) is 25.1 Å². The van der Waals surface area contributed by atoms with E-state index in [1.165, 1.54) is 12.1 Å². The molecule has 0 unspecified atom stereocenters. The average Bonchev–Trinajstić information content (AvgIpc) is 2.36. The van der Waals surface area contributed by atoms with Crippen molar-refractivity contribution in [1.29, 1.82) is 10.5 Å². The van der Waals surface area contributed by atoms with Gasteiger partial charge in [-0.3, -0.25) is 0 Å². The number of hydrogen-bond donors (Lipinski definition) is 1. The summed E-state index contributed by atoms with van der Waals surface area (Å²) in [5, 5.41) is 20.3. The molecule has 0 amide bonds. The van der Waals surface area contributed by atoms with Crippen LogP contribution in [-0.2, 0) is 4.74 Å². The normalized spacial score (nSPS) is 10.6. The van der Waals surface area contributed by atoms with Crippen LogP contribution in [0.5, 0.6) is 0 Å². The van der Waals surface area contributed by atoms with Crippen molar-refractivity contribution >= 4 is 5.69 Å². The number of anilines is 1. The number of benzene rings is 1. The van der Waals surface area contributed by atoms with Gasteiger partial charge in [0.2, 0.25) is 0 Å². The van der Waals surface area contributed by atoms with E-state index in [9.17, 15) is 13.2 Å². The third kappa shape index (κ3) is 5.28. The van der Waals surface area contributed by atoms with E-state index in [-0.39, 0.29) is 24.3 Å². The lowest BCUT2D eigenvalue weighted by Gasteiger charge is -2.09. The lowest BCUT2D eigenvalue weighted by atomic mass is 10.1. The minimum atomic E-state index is -4.33. The van der Waals surface area contributed by atoms with E-state index in [1.807, 2.05) is 12.1 Å². The standard InChI is InChI=1S/C12H10F3N3O/c13-12(14,15)8-19-4-3-18-11-2-1-9(6-16)10(5-11)7-17/h1-2,5,18H,3-4,8H2. The Morgan fingerprint density at radius 1 is 1.16 bits per heavy atom. The van der Waals surface area contributed by atoms with E-state index in [1.54, 1.807) is 6.07 Å². The highest BCUT2D eigenvalue weighted by Gasteiger charge is 2.27. The first-order valence-electron chi connectivity index (χ1n) is 5.29. The first-order chi connectivity index (χ1) is 8.96. The molecule has 7 heteroatoms. The van der Waals surface area contributed by atoms with Gasteiger partial charge in [-0.1, -0.05) is 0 Å². The second-order valence-corrected chi connectivity index (χ2v) is 3.58. The summed E-state index contributed by atoms with van der Waals surface area (Å²) in [6, 6.07) is 8.24. The van der Waals surface area contributed by atoms with Crippen molar-refractivity contribution in [1.82, 2.24) is 0 Å². The SMILES string of the molecule is N#Cc1ccc(NCCOCC(F)(F)F)cc1C#N. The summed E-state index contributed by atoms with van der Waals surface area (Å²) in [6.45, 7) is -1.22. The second kappa shape index (κ2) is 6.62. The molecule has 1 aromatic carbocycles. The molecule has 0 spiro atoms. The molecule has 0 heterocycles. The second-order valence-electron chi connectivity index (χ2n) is 3.58. The summed E-state index contributed by atoms with van der Waals surface area (Å²) in [7, 11) is 0. The molecule has 1 aromatic rings. The smallest absolute Gasteiger partial charge is 0.383 e. The molecule has 0 saturated heterocycles. The Hall–Kier alpha value is -2.25. The van der Waals surface area contributed by atoms with Crippen LogP contribution in [0.2, 0.25) is 0 Å². The fourth-order valence-electron chi connectivity index (χ4n) is 1.30. The van der Waals surface area contributed by atoms with Gasteiger partial charge in [-0.05, 0) is 18.2 Å². The summed E-state index contributed by atoms with van der Waals surface area (Å²) in [4.78, 5) is 0. The Kier molecular flexibility index (Phi) is 5.16. The van der Waals surface area contributed by atoms with Gasteiger partial charge in [0.05, 0.1) is 17.7 Å². The topological polar surface area (TPSA) is 68.8 Å². The average molecular weight is 269 g/mol. The number of nitriles is 2. The van der Waals surface area contributed by atoms with Gasteiger partial charge in [-0.15, -0.1) is 0 Å². The maximum absolute atomic E-state index is 11.8. The van der Waals surface area contributed by atoms with E-state index in [0.717, 1.165) is 0 Å². The predicted molar refractivity (Wildman–Crippen MR) is 61.2 cm³/mol. The first-order valence-corrected chi connectivity index (χ1v) is 5.29. The molecule has 19 heavy (non-hydrogen) atoms. The Morgan fingerprint density at radius 2 is 1.84 bits per heavy atom. The zero-order valence-electron chi connectivity index (χ0n) is 9.79. The molecule has 0 aromatic heterocycles. The highest BCUT2D eigenvalue weighted by atomic mass is 19.4. The summed E-state index contributed by atoms with van der Waals surface area (Å²) in [5.74, 6) is 0. The van der Waals surface area contributed by atoms with E-state index >= 15 is 0 Å². The monoisotopic (exact) mass is 269 g/mol. The van der Waals surface area contributed by atoms with Gasteiger partial charge in [0.25, 0.3) is 0 Å². The molecule has 0 fully saturated rings. The summed E-state index contributed by atoms with van der Waals surface area (Å²) in [5.41, 5.74) is 1.01. The fourth-order valence-corrected chi connectivity index (χ4v) is 1.30. The number of ether oxygens (including phenoxy) is 1. The van der Waals surface area contributed by atoms with Gasteiger partial charge in [-0.25, -0.2) is 0 Å². The Morgan fingerprint density at radius 3 is 2.42 bits per heavy atom. The molecule has 1 rings (SSSR count). The van der Waals surface area contributed by atoms with Crippen molar-refractivity contribution in [2.24, 2.45) is 0 Å². The zero-order chi connectivity index (χ0) is 14.3. The molecular weight excluding hydrogens is 259 g/mol. The number of nitrogens with zero attached hydrogens (tertiary/aromatic N) is 2. The first kappa shape index (κ1) is 14.8. The van der Waals surface area contributed by atoms with Gasteiger partial charge in [0.1, 0.15) is 18.7 Å². The third-order valence-corrected chi connectivity index (χ3v) is 2.10. The molecule has 0 aliphatic carbocycles. The van der Waals surface area contributed by atoms with E-state index in [2.05, 4.69) is 10.1 Å². The zero-order valence-corrected chi connectivity index (χ0v) is 9.79. The highest BCUT2D eigenvalue weighted by molar-refractivity contribution is 5.56. The van der Waals surface area contributed by atoms with Gasteiger partial charge < -0.3 is 10.1 Å². The number of halogens is 3. The number of hydrogen-bond acceptors (Lipinski definition) is 4. The Bertz CT molecular complexity index is 514. The van der Waals surface area contributed by atoms with Crippen LogP contribution in [0.3, 0.4) is 0 Å². The van der Waals surface area contributed by atoms with Crippen molar-refractivity contribution in [3.05, 3.63) is 29.3 Å². The van der Waals surface area contributed by atoms with Crippen LogP contribution < -0.4 is 5.32 Å². The summed E-state index contributed by atoms with van der Waals surface area (Å²) < 4.78 is 39.7. The van der Waals surface area contributed by atoms with Crippen LogP contribution in [0.25, 0.3) is 0 Å². The molecule has 0 aliphatic rings. The molecule has 0 aliphatic heterocycles. The van der Waals surface area contributed by atoms with Crippen LogP contribution in [0.1, 0.15) is 11.1 Å². The van der Waals surface area contributed by atoms with E-state index in [0.29, 0.717) is 5.69 Å². The number of rotatable bonds is 5. The summed E-state index contributed by atoms with van der Waals surface area (Å²) >= 11 is 0. The van der Waals surface area contributed by atoms with Gasteiger partial charge in [0.15, 0.2) is 0 Å². The molecule has 100 valence electrons. The lowest BCUT2D eigenvalue weighted by molar-refractivity contribution is -0.172.